The van der Waals surface area contributed by atoms with Crippen molar-refractivity contribution < 1.29 is 9.47 Å². The molecule has 0 spiro atoms. The zero-order valence-corrected chi connectivity index (χ0v) is 15.5. The van der Waals surface area contributed by atoms with E-state index in [4.69, 9.17) is 9.47 Å². The van der Waals surface area contributed by atoms with Crippen molar-refractivity contribution in [3.8, 4) is 33.8 Å². The summed E-state index contributed by atoms with van der Waals surface area (Å²) < 4.78 is 10.7. The number of aryl methyl sites for hydroxylation is 1. The van der Waals surface area contributed by atoms with Gasteiger partial charge in [-0.3, -0.25) is 0 Å². The Balaban J connectivity index is 1.99. The fraction of sp³-hybridized carbons (Fsp3) is 0.217. The van der Waals surface area contributed by atoms with Crippen LogP contribution in [-0.2, 0) is 0 Å². The molecule has 0 aliphatic rings. The summed E-state index contributed by atoms with van der Waals surface area (Å²) in [5.41, 5.74) is 8.62. The van der Waals surface area contributed by atoms with Crippen molar-refractivity contribution in [1.82, 2.24) is 0 Å². The molecule has 0 amide bonds. The lowest BCUT2D eigenvalue weighted by Gasteiger charge is -2.16. The number of benzene rings is 3. The molecule has 3 aromatic carbocycles. The first kappa shape index (κ1) is 17.1. The van der Waals surface area contributed by atoms with Crippen LogP contribution in [0.2, 0.25) is 0 Å². The largest absolute Gasteiger partial charge is 0.497 e. The first-order valence-electron chi connectivity index (χ1n) is 8.44. The van der Waals surface area contributed by atoms with Gasteiger partial charge in [-0.2, -0.15) is 0 Å². The van der Waals surface area contributed by atoms with Gasteiger partial charge in [0.05, 0.1) is 14.2 Å². The van der Waals surface area contributed by atoms with Crippen LogP contribution in [0.3, 0.4) is 0 Å². The van der Waals surface area contributed by atoms with Crippen molar-refractivity contribution in [3.05, 3.63) is 71.3 Å². The zero-order chi connectivity index (χ0) is 18.0. The normalized spacial score (nSPS) is 10.6. The standard InChI is InChI=1S/C23H24O2/c1-15-14-22(25-5)16(2)17(3)23(15)20-8-6-18(7-9-20)19-10-12-21(24-4)13-11-19/h6-14H,1-5H3. The van der Waals surface area contributed by atoms with Crippen LogP contribution < -0.4 is 9.47 Å². The highest BCUT2D eigenvalue weighted by atomic mass is 16.5. The van der Waals surface area contributed by atoms with Gasteiger partial charge in [0.15, 0.2) is 0 Å². The molecule has 128 valence electrons. The van der Waals surface area contributed by atoms with Crippen molar-refractivity contribution >= 4 is 0 Å². The summed E-state index contributed by atoms with van der Waals surface area (Å²) in [6.45, 7) is 6.42. The van der Waals surface area contributed by atoms with Crippen molar-refractivity contribution in [3.63, 3.8) is 0 Å². The molecule has 3 aromatic rings. The van der Waals surface area contributed by atoms with Crippen LogP contribution in [-0.4, -0.2) is 14.2 Å². The highest BCUT2D eigenvalue weighted by Gasteiger charge is 2.12. The predicted molar refractivity (Wildman–Crippen MR) is 105 cm³/mol. The van der Waals surface area contributed by atoms with Crippen LogP contribution in [0, 0.1) is 20.8 Å². The summed E-state index contributed by atoms with van der Waals surface area (Å²) in [5, 5.41) is 0. The van der Waals surface area contributed by atoms with Gasteiger partial charge >= 0.3 is 0 Å². The van der Waals surface area contributed by atoms with Crippen LogP contribution in [0.4, 0.5) is 0 Å². The monoisotopic (exact) mass is 332 g/mol. The van der Waals surface area contributed by atoms with Gasteiger partial charge in [0.1, 0.15) is 11.5 Å². The molecule has 0 fully saturated rings. The predicted octanol–water partition coefficient (Wildman–Crippen LogP) is 5.96. The number of rotatable bonds is 4. The lowest BCUT2D eigenvalue weighted by molar-refractivity contribution is 0.411. The zero-order valence-electron chi connectivity index (χ0n) is 15.5. The third-order valence-electron chi connectivity index (χ3n) is 4.87. The third-order valence-corrected chi connectivity index (χ3v) is 4.87. The van der Waals surface area contributed by atoms with Crippen LogP contribution in [0.1, 0.15) is 16.7 Å². The fourth-order valence-corrected chi connectivity index (χ4v) is 3.31. The van der Waals surface area contributed by atoms with Gasteiger partial charge in [0.25, 0.3) is 0 Å². The number of methoxy groups -OCH3 is 2. The second kappa shape index (κ2) is 7.02. The van der Waals surface area contributed by atoms with Crippen molar-refractivity contribution in [2.45, 2.75) is 20.8 Å². The smallest absolute Gasteiger partial charge is 0.122 e. The van der Waals surface area contributed by atoms with Crippen molar-refractivity contribution in [2.75, 3.05) is 14.2 Å². The Bertz CT molecular complexity index is 875. The van der Waals surface area contributed by atoms with Crippen LogP contribution in [0.15, 0.2) is 54.6 Å². The highest BCUT2D eigenvalue weighted by molar-refractivity contribution is 5.76. The second-order valence-electron chi connectivity index (χ2n) is 6.33. The molecule has 0 saturated heterocycles. The van der Waals surface area contributed by atoms with Crippen LogP contribution in [0.5, 0.6) is 11.5 Å². The van der Waals surface area contributed by atoms with Crippen molar-refractivity contribution in [1.29, 1.82) is 0 Å². The summed E-state index contributed by atoms with van der Waals surface area (Å²) in [4.78, 5) is 0. The van der Waals surface area contributed by atoms with E-state index in [1.54, 1.807) is 14.2 Å². The Morgan fingerprint density at radius 2 is 1.12 bits per heavy atom. The summed E-state index contributed by atoms with van der Waals surface area (Å²) in [7, 11) is 3.41. The maximum absolute atomic E-state index is 5.48. The molecule has 0 bridgehead atoms. The molecule has 0 heterocycles. The molecule has 25 heavy (non-hydrogen) atoms. The quantitative estimate of drug-likeness (QED) is 0.586. The van der Waals surface area contributed by atoms with E-state index in [2.05, 4.69) is 63.2 Å². The third kappa shape index (κ3) is 3.25. The van der Waals surface area contributed by atoms with Crippen LogP contribution >= 0.6 is 0 Å². The molecule has 0 N–H and O–H groups in total. The average Bonchev–Trinajstić information content (AvgIpc) is 2.65. The molecular formula is C23H24O2. The van der Waals surface area contributed by atoms with E-state index in [0.29, 0.717) is 0 Å². The average molecular weight is 332 g/mol. The molecule has 0 aliphatic carbocycles. The number of ether oxygens (including phenoxy) is 2. The topological polar surface area (TPSA) is 18.5 Å². The molecule has 2 heteroatoms. The number of hydrogen-bond acceptors (Lipinski definition) is 2. The first-order valence-corrected chi connectivity index (χ1v) is 8.44. The Morgan fingerprint density at radius 1 is 0.600 bits per heavy atom. The molecular weight excluding hydrogens is 308 g/mol. The van der Waals surface area contributed by atoms with Gasteiger partial charge in [-0.1, -0.05) is 36.4 Å². The lowest BCUT2D eigenvalue weighted by atomic mass is 9.91. The molecule has 2 nitrogen and oxygen atoms in total. The minimum absolute atomic E-state index is 0.875. The van der Waals surface area contributed by atoms with Gasteiger partial charge in [-0.25, -0.2) is 0 Å². The van der Waals surface area contributed by atoms with Gasteiger partial charge in [0, 0.05) is 0 Å². The molecule has 3 rings (SSSR count). The SMILES string of the molecule is COc1ccc(-c2ccc(-c3c(C)cc(OC)c(C)c3C)cc2)cc1. The van der Waals surface area contributed by atoms with E-state index in [9.17, 15) is 0 Å². The van der Waals surface area contributed by atoms with Gasteiger partial charge in [-0.05, 0) is 77.9 Å². The maximum atomic E-state index is 5.48. The second-order valence-corrected chi connectivity index (χ2v) is 6.33. The van der Waals surface area contributed by atoms with E-state index in [1.165, 1.54) is 38.9 Å². The highest BCUT2D eigenvalue weighted by Crippen LogP contribution is 2.35. The number of hydrogen-bond donors (Lipinski definition) is 0. The summed E-state index contributed by atoms with van der Waals surface area (Å²) >= 11 is 0. The Hall–Kier alpha value is -2.74. The maximum Gasteiger partial charge on any atom is 0.122 e. The summed E-state index contributed by atoms with van der Waals surface area (Å²) in [6, 6.07) is 19.0. The summed E-state index contributed by atoms with van der Waals surface area (Å²) in [5.74, 6) is 1.83. The van der Waals surface area contributed by atoms with E-state index in [1.807, 2.05) is 12.1 Å². The minimum Gasteiger partial charge on any atom is -0.497 e. The molecule has 0 unspecified atom stereocenters. The van der Waals surface area contributed by atoms with E-state index in [-0.39, 0.29) is 0 Å². The Morgan fingerprint density at radius 3 is 1.64 bits per heavy atom. The van der Waals surface area contributed by atoms with E-state index < -0.39 is 0 Å². The Labute approximate surface area is 150 Å². The molecule has 0 aliphatic heterocycles. The minimum atomic E-state index is 0.875. The van der Waals surface area contributed by atoms with E-state index in [0.717, 1.165) is 11.5 Å². The molecule has 0 atom stereocenters. The summed E-state index contributed by atoms with van der Waals surface area (Å²) in [6.07, 6.45) is 0. The van der Waals surface area contributed by atoms with Gasteiger partial charge in [0.2, 0.25) is 0 Å². The van der Waals surface area contributed by atoms with E-state index >= 15 is 0 Å². The molecule has 0 saturated carbocycles. The molecule has 0 aromatic heterocycles. The first-order chi connectivity index (χ1) is 12.0. The lowest BCUT2D eigenvalue weighted by Crippen LogP contribution is -1.96. The fourth-order valence-electron chi connectivity index (χ4n) is 3.31. The molecule has 0 radical (unpaired) electrons. The Kier molecular flexibility index (Phi) is 4.80. The van der Waals surface area contributed by atoms with Crippen molar-refractivity contribution in [2.24, 2.45) is 0 Å². The van der Waals surface area contributed by atoms with Gasteiger partial charge < -0.3 is 9.47 Å². The van der Waals surface area contributed by atoms with Crippen LogP contribution in [0.25, 0.3) is 22.3 Å². The van der Waals surface area contributed by atoms with Gasteiger partial charge in [-0.15, -0.1) is 0 Å².